The maximum Gasteiger partial charge on any atom is 0.471 e. The van der Waals surface area contributed by atoms with Crippen LogP contribution >= 0.6 is 0 Å². The molecular weight excluding hydrogens is 357 g/mol. The van der Waals surface area contributed by atoms with E-state index in [0.29, 0.717) is 16.3 Å². The zero-order valence-electron chi connectivity index (χ0n) is 12.8. The van der Waals surface area contributed by atoms with Crippen LogP contribution in [0, 0.1) is 0 Å². The third-order valence-electron chi connectivity index (χ3n) is 3.14. The highest BCUT2D eigenvalue weighted by Crippen LogP contribution is 2.29. The van der Waals surface area contributed by atoms with Crippen LogP contribution in [0.1, 0.15) is 5.89 Å². The molecule has 0 bridgehead atoms. The van der Waals surface area contributed by atoms with Gasteiger partial charge in [-0.05, 0) is 36.4 Å². The van der Waals surface area contributed by atoms with E-state index < -0.39 is 21.8 Å². The van der Waals surface area contributed by atoms with Gasteiger partial charge in [0.1, 0.15) is 0 Å². The molecule has 130 valence electrons. The van der Waals surface area contributed by atoms with Gasteiger partial charge in [0.25, 0.3) is 0 Å². The minimum atomic E-state index is -4.70. The molecule has 0 aliphatic rings. The van der Waals surface area contributed by atoms with Gasteiger partial charge in [-0.15, -0.1) is 0 Å². The van der Waals surface area contributed by atoms with Crippen LogP contribution in [0.15, 0.2) is 62.4 Å². The number of halogens is 3. The molecule has 25 heavy (non-hydrogen) atoms. The lowest BCUT2D eigenvalue weighted by atomic mass is 10.2. The van der Waals surface area contributed by atoms with Gasteiger partial charge >= 0.3 is 12.1 Å². The summed E-state index contributed by atoms with van der Waals surface area (Å²) in [4.78, 5) is 7.70. The second-order valence-electron chi connectivity index (χ2n) is 5.03. The summed E-state index contributed by atoms with van der Waals surface area (Å²) in [6.45, 7) is 0. The van der Waals surface area contributed by atoms with Crippen LogP contribution in [0.3, 0.4) is 0 Å². The van der Waals surface area contributed by atoms with Crippen molar-refractivity contribution in [1.29, 1.82) is 0 Å². The number of hydrogen-bond donors (Lipinski definition) is 0. The van der Waals surface area contributed by atoms with Gasteiger partial charge < -0.3 is 4.52 Å². The standard InChI is InChI=1S/C15H11F3N4O2S/c1-25(23,22-12-4-2-3-9-19-12)11-7-5-10(6-8-11)13-20-14(24-21-13)15(16,17)18/h2-9H,1H3. The Morgan fingerprint density at radius 1 is 1.12 bits per heavy atom. The lowest BCUT2D eigenvalue weighted by Gasteiger charge is -2.05. The van der Waals surface area contributed by atoms with E-state index in [0.717, 1.165) is 0 Å². The molecule has 1 unspecified atom stereocenters. The third-order valence-corrected chi connectivity index (χ3v) is 4.82. The molecule has 0 amide bonds. The van der Waals surface area contributed by atoms with Crippen LogP contribution in [0.25, 0.3) is 11.4 Å². The fraction of sp³-hybridized carbons (Fsp3) is 0.133. The van der Waals surface area contributed by atoms with Crippen molar-refractivity contribution in [2.75, 3.05) is 6.26 Å². The van der Waals surface area contributed by atoms with Gasteiger partial charge in [0, 0.05) is 22.9 Å². The summed E-state index contributed by atoms with van der Waals surface area (Å²) in [6.07, 6.45) is -1.72. The Balaban J connectivity index is 1.91. The van der Waals surface area contributed by atoms with Crippen LogP contribution in [0.4, 0.5) is 19.0 Å². The molecule has 0 aliphatic heterocycles. The number of benzene rings is 1. The van der Waals surface area contributed by atoms with Crippen molar-refractivity contribution < 1.29 is 21.9 Å². The first kappa shape index (κ1) is 17.1. The summed E-state index contributed by atoms with van der Waals surface area (Å²) >= 11 is 0. The molecule has 6 nitrogen and oxygen atoms in total. The fourth-order valence-corrected chi connectivity index (χ4v) is 3.16. The van der Waals surface area contributed by atoms with Crippen LogP contribution in [0.2, 0.25) is 0 Å². The van der Waals surface area contributed by atoms with E-state index in [1.807, 2.05) is 0 Å². The van der Waals surface area contributed by atoms with Crippen molar-refractivity contribution in [2.24, 2.45) is 4.36 Å². The van der Waals surface area contributed by atoms with E-state index in [1.165, 1.54) is 36.7 Å². The highest BCUT2D eigenvalue weighted by molar-refractivity contribution is 7.93. The Labute approximate surface area is 140 Å². The summed E-state index contributed by atoms with van der Waals surface area (Å²) in [5.41, 5.74) is 0.302. The average molecular weight is 368 g/mol. The Morgan fingerprint density at radius 2 is 1.84 bits per heavy atom. The fourth-order valence-electron chi connectivity index (χ4n) is 1.95. The maximum absolute atomic E-state index is 12.7. The molecule has 0 radical (unpaired) electrons. The van der Waals surface area contributed by atoms with Crippen LogP contribution in [-0.2, 0) is 15.9 Å². The van der Waals surface area contributed by atoms with Gasteiger partial charge in [-0.3, -0.25) is 0 Å². The summed E-state index contributed by atoms with van der Waals surface area (Å²) in [7, 11) is -2.76. The van der Waals surface area contributed by atoms with E-state index in [9.17, 15) is 17.4 Å². The zero-order valence-corrected chi connectivity index (χ0v) is 13.6. The van der Waals surface area contributed by atoms with E-state index in [4.69, 9.17) is 0 Å². The molecule has 1 aromatic carbocycles. The minimum absolute atomic E-state index is 0.205. The second kappa shape index (κ2) is 6.28. The monoisotopic (exact) mass is 368 g/mol. The van der Waals surface area contributed by atoms with Crippen LogP contribution in [0.5, 0.6) is 0 Å². The van der Waals surface area contributed by atoms with Crippen LogP contribution < -0.4 is 0 Å². The Bertz CT molecular complexity index is 992. The molecular formula is C15H11F3N4O2S. The minimum Gasteiger partial charge on any atom is -0.329 e. The van der Waals surface area contributed by atoms with Gasteiger partial charge in [0.15, 0.2) is 5.82 Å². The second-order valence-corrected chi connectivity index (χ2v) is 7.29. The third kappa shape index (κ3) is 3.85. The number of rotatable bonds is 3. The molecule has 2 aromatic heterocycles. The van der Waals surface area contributed by atoms with E-state index >= 15 is 0 Å². The van der Waals surface area contributed by atoms with Crippen molar-refractivity contribution in [2.45, 2.75) is 11.1 Å². The summed E-state index contributed by atoms with van der Waals surface area (Å²) < 4.78 is 58.5. The molecule has 10 heteroatoms. The Hall–Kier alpha value is -2.75. The highest BCUT2D eigenvalue weighted by atomic mass is 32.2. The van der Waals surface area contributed by atoms with Crippen molar-refractivity contribution in [1.82, 2.24) is 15.1 Å². The summed E-state index contributed by atoms with van der Waals surface area (Å²) in [5, 5.41) is 3.30. The van der Waals surface area contributed by atoms with Crippen LogP contribution in [-0.4, -0.2) is 25.6 Å². The molecule has 0 fully saturated rings. The number of alkyl halides is 3. The van der Waals surface area contributed by atoms with Crippen molar-refractivity contribution in [3.63, 3.8) is 0 Å². The SMILES string of the molecule is CS(=O)(=Nc1ccccn1)c1ccc(-c2noc(C(F)(F)F)n2)cc1. The topological polar surface area (TPSA) is 81.2 Å². The number of aromatic nitrogens is 3. The molecule has 0 N–H and O–H groups in total. The van der Waals surface area contributed by atoms with E-state index in [-0.39, 0.29) is 5.82 Å². The largest absolute Gasteiger partial charge is 0.471 e. The average Bonchev–Trinajstić information content (AvgIpc) is 3.06. The van der Waals surface area contributed by atoms with E-state index in [1.54, 1.807) is 18.2 Å². The van der Waals surface area contributed by atoms with E-state index in [2.05, 4.69) is 24.0 Å². The predicted molar refractivity (Wildman–Crippen MR) is 83.4 cm³/mol. The predicted octanol–water partition coefficient (Wildman–Crippen LogP) is 3.94. The Morgan fingerprint density at radius 3 is 2.40 bits per heavy atom. The van der Waals surface area contributed by atoms with Crippen molar-refractivity contribution >= 4 is 15.5 Å². The quantitative estimate of drug-likeness (QED) is 0.699. The van der Waals surface area contributed by atoms with Gasteiger partial charge in [-0.2, -0.15) is 22.5 Å². The molecule has 2 heterocycles. The smallest absolute Gasteiger partial charge is 0.329 e. The molecule has 3 aromatic rings. The van der Waals surface area contributed by atoms with Crippen molar-refractivity contribution in [3.05, 3.63) is 54.6 Å². The molecule has 0 saturated heterocycles. The normalized spacial score (nSPS) is 14.1. The van der Waals surface area contributed by atoms with Gasteiger partial charge in [0.2, 0.25) is 5.82 Å². The molecule has 0 aliphatic carbocycles. The number of nitrogens with zero attached hydrogens (tertiary/aromatic N) is 4. The Kier molecular flexibility index (Phi) is 4.29. The van der Waals surface area contributed by atoms with Crippen molar-refractivity contribution in [3.8, 4) is 11.4 Å². The number of pyridine rings is 1. The first-order valence-electron chi connectivity index (χ1n) is 6.90. The molecule has 1 atom stereocenters. The highest BCUT2D eigenvalue weighted by Gasteiger charge is 2.38. The first-order valence-corrected chi connectivity index (χ1v) is 8.82. The summed E-state index contributed by atoms with van der Waals surface area (Å²) in [5.74, 6) is -1.30. The molecule has 3 rings (SSSR count). The van der Waals surface area contributed by atoms with Gasteiger partial charge in [0.05, 0.1) is 9.73 Å². The maximum atomic E-state index is 12.7. The van der Waals surface area contributed by atoms with Gasteiger partial charge in [-0.1, -0.05) is 11.2 Å². The molecule has 0 spiro atoms. The lowest BCUT2D eigenvalue weighted by molar-refractivity contribution is -0.159. The lowest BCUT2D eigenvalue weighted by Crippen LogP contribution is -2.04. The zero-order chi connectivity index (χ0) is 18.1. The first-order chi connectivity index (χ1) is 11.8. The molecule has 0 saturated carbocycles. The summed E-state index contributed by atoms with van der Waals surface area (Å²) in [6, 6.07) is 11.0. The number of hydrogen-bond acceptors (Lipinski definition) is 6. The van der Waals surface area contributed by atoms with Gasteiger partial charge in [-0.25, -0.2) is 9.19 Å².